The molecule has 38 heavy (non-hydrogen) atoms. The third kappa shape index (κ3) is 6.67. The Bertz CT molecular complexity index is 1220. The quantitative estimate of drug-likeness (QED) is 0.215. The van der Waals surface area contributed by atoms with Crippen LogP contribution in [0, 0.1) is 0 Å². The summed E-state index contributed by atoms with van der Waals surface area (Å²) in [5.41, 5.74) is 2.69. The predicted octanol–water partition coefficient (Wildman–Crippen LogP) is 6.14. The molecule has 0 amide bonds. The van der Waals surface area contributed by atoms with E-state index in [1.54, 1.807) is 18.2 Å². The molecule has 4 N–H and O–H groups in total. The normalized spacial score (nSPS) is 16.2. The van der Waals surface area contributed by atoms with E-state index >= 15 is 0 Å². The van der Waals surface area contributed by atoms with E-state index in [9.17, 15) is 25.2 Å². The van der Waals surface area contributed by atoms with E-state index < -0.39 is 6.10 Å². The molecule has 6 nitrogen and oxygen atoms in total. The minimum absolute atomic E-state index is 0.00990. The lowest BCUT2D eigenvalue weighted by atomic mass is 9.73. The molecule has 0 unspecified atom stereocenters. The average molecular weight is 519 g/mol. The number of aryl methyl sites for hydroxylation is 1. The van der Waals surface area contributed by atoms with Gasteiger partial charge in [-0.05, 0) is 84.4 Å². The zero-order chi connectivity index (χ0) is 27.1. The number of carbonyl (C=O) groups excluding carboxylic acids is 1. The molecule has 1 fully saturated rings. The molecule has 2 atom stereocenters. The van der Waals surface area contributed by atoms with Crippen LogP contribution >= 0.6 is 0 Å². The van der Waals surface area contributed by atoms with Crippen LogP contribution in [0.1, 0.15) is 74.0 Å². The Balaban J connectivity index is 1.46. The van der Waals surface area contributed by atoms with Crippen LogP contribution in [0.3, 0.4) is 0 Å². The molecule has 3 aromatic carbocycles. The first-order valence-electron chi connectivity index (χ1n) is 13.4. The molecule has 3 aromatic rings. The smallest absolute Gasteiger partial charge is 0.160 e. The number of benzene rings is 3. The average Bonchev–Trinajstić information content (AvgIpc) is 3.38. The molecule has 0 spiro atoms. The SMILES string of the molecule is COc1cc([C@H](CCc2ccccc2)CC(=O)C[C@H](O)CC2(c3ccc(O)c(O)c3)CCCC2)ccc1O. The maximum absolute atomic E-state index is 13.3. The van der Waals surface area contributed by atoms with Gasteiger partial charge in [-0.1, -0.05) is 55.3 Å². The van der Waals surface area contributed by atoms with Gasteiger partial charge in [0.05, 0.1) is 13.2 Å². The first-order chi connectivity index (χ1) is 18.3. The van der Waals surface area contributed by atoms with Crippen LogP contribution in [0.15, 0.2) is 66.7 Å². The number of ketones is 1. The van der Waals surface area contributed by atoms with E-state index in [-0.39, 0.29) is 47.2 Å². The fourth-order valence-corrected chi connectivity index (χ4v) is 5.98. The first-order valence-corrected chi connectivity index (χ1v) is 13.4. The van der Waals surface area contributed by atoms with Gasteiger partial charge in [0.1, 0.15) is 5.78 Å². The van der Waals surface area contributed by atoms with Gasteiger partial charge in [0.15, 0.2) is 23.0 Å². The summed E-state index contributed by atoms with van der Waals surface area (Å²) in [6.07, 6.45) is 5.30. The number of aromatic hydroxyl groups is 3. The summed E-state index contributed by atoms with van der Waals surface area (Å²) in [6.45, 7) is 0. The number of hydrogen-bond acceptors (Lipinski definition) is 6. The maximum atomic E-state index is 13.3. The zero-order valence-electron chi connectivity index (χ0n) is 22.0. The molecule has 0 radical (unpaired) electrons. The van der Waals surface area contributed by atoms with E-state index in [0.29, 0.717) is 12.2 Å². The molecule has 1 aliphatic carbocycles. The van der Waals surface area contributed by atoms with Gasteiger partial charge in [-0.2, -0.15) is 0 Å². The second-order valence-electron chi connectivity index (χ2n) is 10.6. The molecular formula is C32H38O6. The molecule has 0 saturated heterocycles. The standard InChI is InChI=1S/C32H38O6/c1-38-31-18-24(11-13-29(31)36)23(10-9-22-7-3-2-4-8-22)17-26(33)20-27(34)21-32(15-5-6-16-32)25-12-14-28(35)30(37)19-25/h2-4,7-8,11-14,18-19,23,27,34-37H,5-6,9-10,15-17,20-21H2,1H3/t23-,27+/m1/s1. The minimum atomic E-state index is -0.805. The van der Waals surface area contributed by atoms with Crippen LogP contribution < -0.4 is 4.74 Å². The van der Waals surface area contributed by atoms with Crippen LogP contribution in [-0.4, -0.2) is 39.4 Å². The molecule has 0 bridgehead atoms. The van der Waals surface area contributed by atoms with Crippen molar-refractivity contribution in [2.45, 2.75) is 75.2 Å². The number of methoxy groups -OCH3 is 1. The van der Waals surface area contributed by atoms with Crippen LogP contribution in [-0.2, 0) is 16.6 Å². The van der Waals surface area contributed by atoms with Gasteiger partial charge in [0.2, 0.25) is 0 Å². The lowest BCUT2D eigenvalue weighted by Crippen LogP contribution is -2.29. The van der Waals surface area contributed by atoms with Crippen molar-refractivity contribution in [2.75, 3.05) is 7.11 Å². The van der Waals surface area contributed by atoms with Gasteiger partial charge in [0, 0.05) is 12.8 Å². The number of rotatable bonds is 12. The molecule has 202 valence electrons. The topological polar surface area (TPSA) is 107 Å². The summed E-state index contributed by atoms with van der Waals surface area (Å²) < 4.78 is 5.30. The van der Waals surface area contributed by atoms with Crippen molar-refractivity contribution in [3.63, 3.8) is 0 Å². The van der Waals surface area contributed by atoms with Gasteiger partial charge in [-0.25, -0.2) is 0 Å². The van der Waals surface area contributed by atoms with Gasteiger partial charge in [-0.15, -0.1) is 0 Å². The zero-order valence-corrected chi connectivity index (χ0v) is 22.0. The number of phenols is 3. The minimum Gasteiger partial charge on any atom is -0.504 e. The highest BCUT2D eigenvalue weighted by Gasteiger charge is 2.38. The van der Waals surface area contributed by atoms with E-state index in [1.165, 1.54) is 18.7 Å². The number of hydrogen-bond donors (Lipinski definition) is 4. The molecule has 4 rings (SSSR count). The number of aliphatic hydroxyl groups is 1. The Hall–Kier alpha value is -3.51. The molecule has 0 heterocycles. The molecular weight excluding hydrogens is 480 g/mol. The Morgan fingerprint density at radius 1 is 0.895 bits per heavy atom. The molecule has 1 saturated carbocycles. The van der Waals surface area contributed by atoms with Crippen molar-refractivity contribution in [3.05, 3.63) is 83.4 Å². The van der Waals surface area contributed by atoms with Gasteiger partial charge in [-0.3, -0.25) is 4.79 Å². The number of carbonyl (C=O) groups is 1. The Morgan fingerprint density at radius 2 is 1.61 bits per heavy atom. The Labute approximate surface area is 224 Å². The van der Waals surface area contributed by atoms with Crippen molar-refractivity contribution in [3.8, 4) is 23.0 Å². The number of aliphatic hydroxyl groups excluding tert-OH is 1. The summed E-state index contributed by atoms with van der Waals surface area (Å²) in [7, 11) is 1.51. The largest absolute Gasteiger partial charge is 0.504 e. The van der Waals surface area contributed by atoms with Crippen molar-refractivity contribution < 1.29 is 30.0 Å². The van der Waals surface area contributed by atoms with E-state index in [1.807, 2.05) is 30.3 Å². The van der Waals surface area contributed by atoms with Gasteiger partial charge >= 0.3 is 0 Å². The number of Topliss-reactive ketones (excluding diaryl/α,β-unsaturated/α-hetero) is 1. The van der Waals surface area contributed by atoms with Gasteiger partial charge < -0.3 is 25.2 Å². The van der Waals surface area contributed by atoms with E-state index in [0.717, 1.165) is 49.7 Å². The fourth-order valence-electron chi connectivity index (χ4n) is 5.98. The summed E-state index contributed by atoms with van der Waals surface area (Å²) in [5, 5.41) is 40.9. The second kappa shape index (κ2) is 12.4. The fraction of sp³-hybridized carbons (Fsp3) is 0.406. The molecule has 6 heteroatoms. The monoisotopic (exact) mass is 518 g/mol. The predicted molar refractivity (Wildman–Crippen MR) is 147 cm³/mol. The molecule has 0 aromatic heterocycles. The van der Waals surface area contributed by atoms with Gasteiger partial charge in [0.25, 0.3) is 0 Å². The summed E-state index contributed by atoms with van der Waals surface area (Å²) in [5.74, 6) is 0.0140. The Morgan fingerprint density at radius 3 is 2.29 bits per heavy atom. The van der Waals surface area contributed by atoms with Crippen LogP contribution in [0.5, 0.6) is 23.0 Å². The third-order valence-corrected chi connectivity index (χ3v) is 8.01. The summed E-state index contributed by atoms with van der Waals surface area (Å²) in [4.78, 5) is 13.3. The highest BCUT2D eigenvalue weighted by atomic mass is 16.5. The lowest BCUT2D eigenvalue weighted by molar-refractivity contribution is -0.121. The summed E-state index contributed by atoms with van der Waals surface area (Å²) in [6, 6.07) is 20.2. The lowest BCUT2D eigenvalue weighted by Gasteiger charge is -2.32. The van der Waals surface area contributed by atoms with Crippen LogP contribution in [0.4, 0.5) is 0 Å². The number of ether oxygens (including phenoxy) is 1. The highest BCUT2D eigenvalue weighted by molar-refractivity contribution is 5.79. The molecule has 1 aliphatic rings. The number of phenolic OH excluding ortho intramolecular Hbond substituents is 3. The van der Waals surface area contributed by atoms with E-state index in [2.05, 4.69) is 12.1 Å². The summed E-state index contributed by atoms with van der Waals surface area (Å²) >= 11 is 0. The van der Waals surface area contributed by atoms with Crippen molar-refractivity contribution in [1.82, 2.24) is 0 Å². The Kier molecular flexibility index (Phi) is 8.95. The van der Waals surface area contributed by atoms with Crippen molar-refractivity contribution >= 4 is 5.78 Å². The van der Waals surface area contributed by atoms with Crippen LogP contribution in [0.25, 0.3) is 0 Å². The van der Waals surface area contributed by atoms with E-state index in [4.69, 9.17) is 4.74 Å². The van der Waals surface area contributed by atoms with Crippen molar-refractivity contribution in [2.24, 2.45) is 0 Å². The second-order valence-corrected chi connectivity index (χ2v) is 10.6. The molecule has 0 aliphatic heterocycles. The van der Waals surface area contributed by atoms with Crippen molar-refractivity contribution in [1.29, 1.82) is 0 Å². The highest BCUT2D eigenvalue weighted by Crippen LogP contribution is 2.46. The first kappa shape index (κ1) is 27.5. The maximum Gasteiger partial charge on any atom is 0.160 e. The van der Waals surface area contributed by atoms with Crippen LogP contribution in [0.2, 0.25) is 0 Å². The third-order valence-electron chi connectivity index (χ3n) is 8.01.